The highest BCUT2D eigenvalue weighted by molar-refractivity contribution is 6.35. The lowest BCUT2D eigenvalue weighted by atomic mass is 9.82. The minimum Gasteiger partial charge on any atom is -0.455 e. The number of furan rings is 2. The first-order valence-corrected chi connectivity index (χ1v) is 17.9. The molecule has 3 nitrogen and oxygen atoms in total. The van der Waals surface area contributed by atoms with E-state index in [2.05, 4.69) is 170 Å². The van der Waals surface area contributed by atoms with E-state index in [1.54, 1.807) is 0 Å². The highest BCUT2D eigenvalue weighted by atomic mass is 16.3. The van der Waals surface area contributed by atoms with Gasteiger partial charge in [-0.2, -0.15) is 0 Å². The van der Waals surface area contributed by atoms with E-state index in [9.17, 15) is 0 Å². The Hall–Kier alpha value is -6.58. The van der Waals surface area contributed by atoms with Crippen molar-refractivity contribution in [3.8, 4) is 22.3 Å². The van der Waals surface area contributed by atoms with E-state index in [1.165, 1.54) is 33.4 Å². The Bertz CT molecular complexity index is 3040. The molecule has 2 aromatic heterocycles. The molecule has 0 bridgehead atoms. The molecular formula is C49H33NO2. The van der Waals surface area contributed by atoms with Crippen LogP contribution in [0.4, 0.5) is 17.1 Å². The first kappa shape index (κ1) is 29.2. The molecule has 11 rings (SSSR count). The first-order chi connectivity index (χ1) is 25.6. The van der Waals surface area contributed by atoms with Crippen molar-refractivity contribution < 1.29 is 8.83 Å². The standard InChI is InChI=1S/C49H33NO2/c1-49(2)39-19-10-8-15-34(39)35-28-27-33(29-40(35)49)50(32-25-23-31(24-26-32)30-13-4-3-5-14-30)41-20-12-22-43-46(41)44-36-16-6-7-17-37(36)47-45(48(44)52-43)38-18-9-11-21-42(38)51-47/h3-29H,1-2H3. The van der Waals surface area contributed by atoms with Crippen LogP contribution >= 0.6 is 0 Å². The molecule has 0 amide bonds. The molecule has 0 aliphatic heterocycles. The van der Waals surface area contributed by atoms with Gasteiger partial charge in [0.25, 0.3) is 0 Å². The molecule has 0 atom stereocenters. The van der Waals surface area contributed by atoms with Crippen LogP contribution in [-0.2, 0) is 5.41 Å². The van der Waals surface area contributed by atoms with Gasteiger partial charge in [-0.15, -0.1) is 0 Å². The molecule has 10 aromatic rings. The summed E-state index contributed by atoms with van der Waals surface area (Å²) in [6, 6.07) is 58.7. The van der Waals surface area contributed by atoms with Crippen molar-refractivity contribution in [1.29, 1.82) is 0 Å². The largest absolute Gasteiger partial charge is 0.455 e. The normalized spacial score (nSPS) is 13.3. The van der Waals surface area contributed by atoms with Gasteiger partial charge >= 0.3 is 0 Å². The van der Waals surface area contributed by atoms with Crippen molar-refractivity contribution in [2.75, 3.05) is 4.90 Å². The molecule has 1 aliphatic carbocycles. The van der Waals surface area contributed by atoms with Crippen LogP contribution in [0, 0.1) is 0 Å². The zero-order valence-electron chi connectivity index (χ0n) is 28.9. The second-order valence-corrected chi connectivity index (χ2v) is 14.5. The Balaban J connectivity index is 1.22. The lowest BCUT2D eigenvalue weighted by molar-refractivity contribution is 0.660. The molecule has 0 N–H and O–H groups in total. The number of rotatable bonds is 4. The van der Waals surface area contributed by atoms with Crippen LogP contribution in [0.25, 0.3) is 76.9 Å². The smallest absolute Gasteiger partial charge is 0.147 e. The van der Waals surface area contributed by atoms with E-state index >= 15 is 0 Å². The van der Waals surface area contributed by atoms with E-state index in [0.717, 1.165) is 71.7 Å². The second kappa shape index (κ2) is 10.7. The molecule has 3 heteroatoms. The van der Waals surface area contributed by atoms with Gasteiger partial charge in [0.1, 0.15) is 22.3 Å². The van der Waals surface area contributed by atoms with Crippen molar-refractivity contribution in [2.24, 2.45) is 0 Å². The van der Waals surface area contributed by atoms with E-state index in [4.69, 9.17) is 8.83 Å². The van der Waals surface area contributed by atoms with Gasteiger partial charge in [-0.25, -0.2) is 0 Å². The fourth-order valence-electron chi connectivity index (χ4n) is 8.80. The van der Waals surface area contributed by atoms with E-state index in [1.807, 2.05) is 12.1 Å². The lowest BCUT2D eigenvalue weighted by Gasteiger charge is -2.29. The Kier molecular flexibility index (Phi) is 6.01. The van der Waals surface area contributed by atoms with E-state index in [-0.39, 0.29) is 5.41 Å². The van der Waals surface area contributed by atoms with Crippen LogP contribution in [0.3, 0.4) is 0 Å². The second-order valence-electron chi connectivity index (χ2n) is 14.5. The molecule has 0 fully saturated rings. The van der Waals surface area contributed by atoms with Gasteiger partial charge < -0.3 is 13.7 Å². The van der Waals surface area contributed by atoms with Gasteiger partial charge in [0, 0.05) is 32.9 Å². The Labute approximate surface area is 301 Å². The van der Waals surface area contributed by atoms with Crippen LogP contribution in [0.5, 0.6) is 0 Å². The molecule has 1 aliphatic rings. The third kappa shape index (κ3) is 4.02. The molecule has 0 unspecified atom stereocenters. The van der Waals surface area contributed by atoms with E-state index in [0.29, 0.717) is 0 Å². The van der Waals surface area contributed by atoms with Crippen molar-refractivity contribution >= 4 is 71.7 Å². The summed E-state index contributed by atoms with van der Waals surface area (Å²) >= 11 is 0. The Morgan fingerprint density at radius 2 is 1.06 bits per heavy atom. The molecule has 2 heterocycles. The lowest BCUT2D eigenvalue weighted by Crippen LogP contribution is -2.16. The van der Waals surface area contributed by atoms with E-state index < -0.39 is 0 Å². The van der Waals surface area contributed by atoms with Gasteiger partial charge in [0.15, 0.2) is 0 Å². The topological polar surface area (TPSA) is 29.5 Å². The SMILES string of the molecule is CC1(C)c2ccccc2-c2ccc(N(c3ccc(-c4ccccc4)cc3)c3cccc4oc5c6c7ccccc7oc6c6ccccc6c5c34)cc21. The number of para-hydroxylation sites is 1. The summed E-state index contributed by atoms with van der Waals surface area (Å²) in [6.45, 7) is 4.69. The fraction of sp³-hybridized carbons (Fsp3) is 0.0612. The van der Waals surface area contributed by atoms with Gasteiger partial charge in [0.05, 0.1) is 16.5 Å². The average Bonchev–Trinajstić information content (AvgIpc) is 3.85. The molecule has 246 valence electrons. The summed E-state index contributed by atoms with van der Waals surface area (Å²) < 4.78 is 13.5. The Morgan fingerprint density at radius 3 is 1.90 bits per heavy atom. The highest BCUT2D eigenvalue weighted by Crippen LogP contribution is 2.53. The van der Waals surface area contributed by atoms with Crippen LogP contribution in [0.1, 0.15) is 25.0 Å². The minimum absolute atomic E-state index is 0.136. The van der Waals surface area contributed by atoms with Crippen LogP contribution < -0.4 is 4.90 Å². The van der Waals surface area contributed by atoms with Crippen LogP contribution in [0.15, 0.2) is 173 Å². The zero-order valence-corrected chi connectivity index (χ0v) is 28.9. The molecule has 0 saturated carbocycles. The summed E-state index contributed by atoms with van der Waals surface area (Å²) in [5.74, 6) is 0. The zero-order chi connectivity index (χ0) is 34.6. The summed E-state index contributed by atoms with van der Waals surface area (Å²) in [5, 5.41) is 6.44. The molecule has 0 radical (unpaired) electrons. The van der Waals surface area contributed by atoms with Crippen LogP contribution in [-0.4, -0.2) is 0 Å². The fourth-order valence-corrected chi connectivity index (χ4v) is 8.80. The third-order valence-electron chi connectivity index (χ3n) is 11.3. The van der Waals surface area contributed by atoms with Crippen molar-refractivity contribution in [2.45, 2.75) is 19.3 Å². The van der Waals surface area contributed by atoms with Crippen molar-refractivity contribution in [1.82, 2.24) is 0 Å². The predicted molar refractivity (Wildman–Crippen MR) is 216 cm³/mol. The first-order valence-electron chi connectivity index (χ1n) is 17.9. The maximum Gasteiger partial charge on any atom is 0.147 e. The number of anilines is 3. The molecule has 0 spiro atoms. The number of hydrogen-bond donors (Lipinski definition) is 0. The van der Waals surface area contributed by atoms with Gasteiger partial charge in [-0.1, -0.05) is 135 Å². The van der Waals surface area contributed by atoms with Gasteiger partial charge in [0.2, 0.25) is 0 Å². The summed E-state index contributed by atoms with van der Waals surface area (Å²) in [4.78, 5) is 2.41. The van der Waals surface area contributed by atoms with Crippen LogP contribution in [0.2, 0.25) is 0 Å². The van der Waals surface area contributed by atoms with Gasteiger partial charge in [-0.05, 0) is 81.2 Å². The number of hydrogen-bond acceptors (Lipinski definition) is 3. The van der Waals surface area contributed by atoms with Crippen molar-refractivity contribution in [3.63, 3.8) is 0 Å². The molecule has 52 heavy (non-hydrogen) atoms. The maximum atomic E-state index is 6.94. The highest BCUT2D eigenvalue weighted by Gasteiger charge is 2.36. The maximum absolute atomic E-state index is 6.94. The summed E-state index contributed by atoms with van der Waals surface area (Å²) in [6.07, 6.45) is 0. The Morgan fingerprint density at radius 1 is 0.423 bits per heavy atom. The molecule has 0 saturated heterocycles. The average molecular weight is 668 g/mol. The monoisotopic (exact) mass is 667 g/mol. The quantitative estimate of drug-likeness (QED) is 0.187. The van der Waals surface area contributed by atoms with Crippen molar-refractivity contribution in [3.05, 3.63) is 175 Å². The summed E-state index contributed by atoms with van der Waals surface area (Å²) in [5.41, 5.74) is 14.2. The number of nitrogens with zero attached hydrogens (tertiary/aromatic N) is 1. The van der Waals surface area contributed by atoms with Gasteiger partial charge in [-0.3, -0.25) is 0 Å². The minimum atomic E-state index is -0.136. The third-order valence-corrected chi connectivity index (χ3v) is 11.3. The molecule has 8 aromatic carbocycles. The summed E-state index contributed by atoms with van der Waals surface area (Å²) in [7, 11) is 0. The predicted octanol–water partition coefficient (Wildman–Crippen LogP) is 14.1. The number of benzene rings is 8. The number of fused-ring (bicyclic) bond motifs is 13. The molecular weight excluding hydrogens is 635 g/mol.